The molecular weight excluding hydrogens is 763 g/mol. The normalized spacial score (nSPS) is 31.4. The molecule has 3 aliphatic heterocycles. The van der Waals surface area contributed by atoms with Crippen molar-refractivity contribution in [2.24, 2.45) is 5.92 Å². The van der Waals surface area contributed by atoms with E-state index in [1.807, 2.05) is 30.4 Å². The van der Waals surface area contributed by atoms with Crippen LogP contribution in [0.25, 0.3) is 10.9 Å². The van der Waals surface area contributed by atoms with Crippen LogP contribution < -0.4 is 24.8 Å². The molecule has 1 aromatic heterocycles. The molecule has 0 bridgehead atoms. The zero-order valence-corrected chi connectivity index (χ0v) is 34.3. The van der Waals surface area contributed by atoms with Crippen LogP contribution in [0.2, 0.25) is 0 Å². The number of sulfonamides is 1. The first-order chi connectivity index (χ1) is 27.8. The topological polar surface area (TPSA) is 182 Å². The number of nitrogens with zero attached hydrogens (tertiary/aromatic N) is 2. The van der Waals surface area contributed by atoms with E-state index in [4.69, 9.17) is 19.2 Å². The molecule has 5 atom stereocenters. The van der Waals surface area contributed by atoms with Crippen molar-refractivity contribution in [1.29, 1.82) is 0 Å². The Morgan fingerprint density at radius 1 is 1.00 bits per heavy atom. The van der Waals surface area contributed by atoms with Gasteiger partial charge in [0.15, 0.2) is 0 Å². The zero-order valence-electron chi connectivity index (χ0n) is 33.5. The third kappa shape index (κ3) is 7.29. The molecule has 5 fully saturated rings. The zero-order chi connectivity index (χ0) is 40.5. The minimum absolute atomic E-state index is 0.0826. The fourth-order valence-corrected chi connectivity index (χ4v) is 10.9. The van der Waals surface area contributed by atoms with Gasteiger partial charge in [-0.1, -0.05) is 25.0 Å². The lowest BCUT2D eigenvalue weighted by Crippen LogP contribution is -2.58. The smallest absolute Gasteiger partial charge is 0.408 e. The van der Waals surface area contributed by atoms with Gasteiger partial charge in [0.05, 0.1) is 29.6 Å². The van der Waals surface area contributed by atoms with Crippen molar-refractivity contribution in [3.63, 3.8) is 0 Å². The summed E-state index contributed by atoms with van der Waals surface area (Å²) in [7, 11) is -2.35. The molecule has 1 spiro atoms. The van der Waals surface area contributed by atoms with Gasteiger partial charge in [-0.3, -0.25) is 19.1 Å². The van der Waals surface area contributed by atoms with Crippen molar-refractivity contribution in [2.75, 3.05) is 13.7 Å². The number of carbonyl (C=O) groups is 4. The number of allylic oxidation sites excluding steroid dienone is 1. The molecule has 4 amide bonds. The summed E-state index contributed by atoms with van der Waals surface area (Å²) >= 11 is 0. The van der Waals surface area contributed by atoms with Crippen LogP contribution in [0.4, 0.5) is 4.79 Å². The summed E-state index contributed by atoms with van der Waals surface area (Å²) in [6.07, 6.45) is 14.3. The Kier molecular flexibility index (Phi) is 9.91. The molecule has 0 unspecified atom stereocenters. The van der Waals surface area contributed by atoms with Crippen LogP contribution in [0, 0.1) is 5.92 Å². The van der Waals surface area contributed by atoms with E-state index in [0.29, 0.717) is 56.4 Å². The molecule has 14 nitrogen and oxygen atoms in total. The molecule has 0 radical (unpaired) electrons. The lowest BCUT2D eigenvalue weighted by atomic mass is 9.86. The van der Waals surface area contributed by atoms with Crippen LogP contribution in [0.15, 0.2) is 30.4 Å². The molecule has 58 heavy (non-hydrogen) atoms. The van der Waals surface area contributed by atoms with Gasteiger partial charge in [-0.25, -0.2) is 18.2 Å². The van der Waals surface area contributed by atoms with Crippen molar-refractivity contribution < 1.29 is 41.8 Å². The largest absolute Gasteiger partial charge is 0.497 e. The van der Waals surface area contributed by atoms with Crippen LogP contribution in [-0.2, 0) is 35.6 Å². The number of rotatable bonds is 7. The monoisotopic (exact) mass is 817 g/mol. The predicted octanol–water partition coefficient (Wildman–Crippen LogP) is 5.22. The average Bonchev–Trinajstić information content (AvgIpc) is 4.17. The van der Waals surface area contributed by atoms with E-state index in [2.05, 4.69) is 15.4 Å². The quantitative estimate of drug-likeness (QED) is 0.314. The van der Waals surface area contributed by atoms with Crippen LogP contribution in [-0.4, -0.2) is 89.8 Å². The van der Waals surface area contributed by atoms with Gasteiger partial charge in [-0.15, -0.1) is 0 Å². The molecule has 1 saturated heterocycles. The fraction of sp³-hybridized carbons (Fsp3) is 0.651. The summed E-state index contributed by atoms with van der Waals surface area (Å²) in [5, 5.41) is 6.84. The molecular formula is C43H55N5O9S. The number of methoxy groups -OCH3 is 1. The molecule has 15 heteroatoms. The van der Waals surface area contributed by atoms with Crippen molar-refractivity contribution in [3.05, 3.63) is 41.6 Å². The van der Waals surface area contributed by atoms with Crippen molar-refractivity contribution in [2.45, 2.75) is 156 Å². The van der Waals surface area contributed by atoms with E-state index in [-0.39, 0.29) is 31.4 Å². The molecule has 9 rings (SSSR count). The first-order valence-corrected chi connectivity index (χ1v) is 22.8. The Hall–Kier alpha value is -4.40. The molecule has 4 aliphatic carbocycles. The predicted molar refractivity (Wildman–Crippen MR) is 214 cm³/mol. The van der Waals surface area contributed by atoms with Gasteiger partial charge in [0, 0.05) is 35.3 Å². The number of aromatic nitrogens is 1. The summed E-state index contributed by atoms with van der Waals surface area (Å²) in [5.74, 6) is -0.492. The Morgan fingerprint density at radius 2 is 1.78 bits per heavy atom. The standard InChI is InChI=1S/C43H55N5O9S/c1-41(20-21-41)58(53,54)47-39(51)43-23-27(43)10-6-4-3-5-7-13-32(45-40(52)56-28-11-8-9-12-28)38(50)48-25-42(24-34(48)37(49)46-43)19-18-31-30-17-16-29(55-2)22-33(30)44-35(26-14-15-26)36(31)57-42/h6,10,16-17,22,26-28,32,34H,3-5,7-9,11-15,18-21,23-25H2,1-2H3,(H,45,52)(H,46,49)(H,47,51)/b10-6-/t27-,32+,34+,42-,43-/m1/s1. The minimum Gasteiger partial charge on any atom is -0.497 e. The first kappa shape index (κ1) is 39.1. The molecule has 1 aromatic carbocycles. The third-order valence-electron chi connectivity index (χ3n) is 13.9. The Morgan fingerprint density at radius 3 is 2.52 bits per heavy atom. The van der Waals surface area contributed by atoms with Gasteiger partial charge in [-0.2, -0.15) is 0 Å². The Bertz CT molecular complexity index is 2160. The highest BCUT2D eigenvalue weighted by atomic mass is 32.2. The van der Waals surface area contributed by atoms with Crippen LogP contribution in [0.1, 0.15) is 127 Å². The van der Waals surface area contributed by atoms with E-state index in [9.17, 15) is 27.6 Å². The highest BCUT2D eigenvalue weighted by Gasteiger charge is 2.64. The Balaban J connectivity index is 1.05. The summed E-state index contributed by atoms with van der Waals surface area (Å²) in [4.78, 5) is 63.7. The third-order valence-corrected chi connectivity index (χ3v) is 16.0. The van der Waals surface area contributed by atoms with E-state index >= 15 is 0 Å². The second-order valence-electron chi connectivity index (χ2n) is 18.2. The summed E-state index contributed by atoms with van der Waals surface area (Å²) < 4.78 is 46.2. The number of carbonyl (C=O) groups excluding carboxylic acids is 4. The van der Waals surface area contributed by atoms with E-state index in [0.717, 1.165) is 73.5 Å². The summed E-state index contributed by atoms with van der Waals surface area (Å²) in [5.41, 5.74) is 0.295. The molecule has 4 saturated carbocycles. The van der Waals surface area contributed by atoms with Crippen molar-refractivity contribution >= 4 is 44.7 Å². The second-order valence-corrected chi connectivity index (χ2v) is 20.4. The maximum Gasteiger partial charge on any atom is 0.408 e. The average molecular weight is 818 g/mol. The SMILES string of the molecule is COc1ccc2c3c(c(C4CC4)nc2c1)O[C@]1(CC3)C[C@H]2C(=O)N[C@]3(C(=O)NS(=O)(=O)C4(C)CC4)C[C@H]3/C=C\CCCCC[C@H](NC(=O)OC3CCCC3)C(=O)N2C1. The van der Waals surface area contributed by atoms with Crippen LogP contribution >= 0.6 is 0 Å². The highest BCUT2D eigenvalue weighted by Crippen LogP contribution is 2.52. The van der Waals surface area contributed by atoms with Crippen molar-refractivity contribution in [1.82, 2.24) is 25.2 Å². The number of alkyl carbamates (subject to hydrolysis) is 1. The lowest BCUT2D eigenvalue weighted by molar-refractivity contribution is -0.141. The number of amides is 4. The molecule has 4 heterocycles. The van der Waals surface area contributed by atoms with Gasteiger partial charge in [0.2, 0.25) is 21.8 Å². The summed E-state index contributed by atoms with van der Waals surface area (Å²) in [6, 6.07) is 3.84. The van der Waals surface area contributed by atoms with Crippen LogP contribution in [0.5, 0.6) is 11.5 Å². The molecule has 3 N–H and O–H groups in total. The molecule has 7 aliphatic rings. The second kappa shape index (κ2) is 14.7. The minimum atomic E-state index is -3.98. The number of fused-ring (bicyclic) bond motifs is 5. The van der Waals surface area contributed by atoms with Gasteiger partial charge >= 0.3 is 6.09 Å². The number of ether oxygens (including phenoxy) is 3. The maximum atomic E-state index is 14.9. The molecule has 312 valence electrons. The van der Waals surface area contributed by atoms with Crippen molar-refractivity contribution in [3.8, 4) is 11.5 Å². The van der Waals surface area contributed by atoms with Gasteiger partial charge in [0.1, 0.15) is 40.8 Å². The van der Waals surface area contributed by atoms with Gasteiger partial charge in [-0.05, 0) is 109 Å². The van der Waals surface area contributed by atoms with Crippen LogP contribution in [0.3, 0.4) is 0 Å². The van der Waals surface area contributed by atoms with E-state index in [1.165, 1.54) is 4.90 Å². The lowest BCUT2D eigenvalue weighted by Gasteiger charge is -2.37. The van der Waals surface area contributed by atoms with E-state index < -0.39 is 67.7 Å². The Labute approximate surface area is 339 Å². The number of aryl methyl sites for hydroxylation is 1. The van der Waals surface area contributed by atoms with Gasteiger partial charge in [0.25, 0.3) is 5.91 Å². The number of hydrogen-bond acceptors (Lipinski definition) is 10. The first-order valence-electron chi connectivity index (χ1n) is 21.4. The summed E-state index contributed by atoms with van der Waals surface area (Å²) in [6.45, 7) is 1.69. The number of pyridine rings is 1. The fourth-order valence-electron chi connectivity index (χ4n) is 9.63. The number of benzene rings is 1. The van der Waals surface area contributed by atoms with Gasteiger partial charge < -0.3 is 29.7 Å². The molecule has 2 aromatic rings. The van der Waals surface area contributed by atoms with E-state index in [1.54, 1.807) is 14.0 Å². The highest BCUT2D eigenvalue weighted by molar-refractivity contribution is 7.91. The maximum absolute atomic E-state index is 14.9. The number of nitrogens with one attached hydrogen (secondary N) is 3. The number of hydrogen-bond donors (Lipinski definition) is 3.